The van der Waals surface area contributed by atoms with Gasteiger partial charge in [0.1, 0.15) is 0 Å². The molecule has 1 fully saturated rings. The van der Waals surface area contributed by atoms with Crippen molar-refractivity contribution in [1.82, 2.24) is 10.4 Å². The molecule has 0 saturated carbocycles. The van der Waals surface area contributed by atoms with E-state index < -0.39 is 17.6 Å². The Hall–Kier alpha value is -1.84. The summed E-state index contributed by atoms with van der Waals surface area (Å²) in [6.45, 7) is 1.84. The lowest BCUT2D eigenvalue weighted by atomic mass is 10.1. The third-order valence-corrected chi connectivity index (χ3v) is 3.02. The summed E-state index contributed by atoms with van der Waals surface area (Å²) in [5.41, 5.74) is 3.80. The van der Waals surface area contributed by atoms with E-state index in [1.165, 1.54) is 0 Å². The molecule has 0 bridgehead atoms. The third-order valence-electron chi connectivity index (χ3n) is 3.02. The predicted molar refractivity (Wildman–Crippen MR) is 69.1 cm³/mol. The number of nitrogens with zero attached hydrogens (tertiary/aromatic N) is 1. The second-order valence-corrected chi connectivity index (χ2v) is 4.44. The number of benzene rings is 1. The molecule has 1 aliphatic heterocycles. The molecule has 1 heterocycles. The first-order valence-corrected chi connectivity index (χ1v) is 6.23. The van der Waals surface area contributed by atoms with E-state index in [1.54, 1.807) is 5.01 Å². The molecule has 0 aromatic heterocycles. The maximum Gasteiger partial charge on any atom is 0.416 e. The van der Waals surface area contributed by atoms with Gasteiger partial charge >= 0.3 is 6.18 Å². The van der Waals surface area contributed by atoms with Crippen LogP contribution in [0.3, 0.4) is 0 Å². The summed E-state index contributed by atoms with van der Waals surface area (Å²) in [6.07, 6.45) is -4.53. The molecule has 1 aromatic carbocycles. The molecule has 0 atom stereocenters. The van der Waals surface area contributed by atoms with E-state index in [0.29, 0.717) is 26.3 Å². The fraction of sp³-hybridized carbons (Fsp3) is 0.417. The normalized spacial score (nSPS) is 16.6. The minimum Gasteiger partial charge on any atom is -0.379 e. The highest BCUT2D eigenvalue weighted by molar-refractivity contribution is 5.99. The smallest absolute Gasteiger partial charge is 0.379 e. The fourth-order valence-electron chi connectivity index (χ4n) is 1.91. The van der Waals surface area contributed by atoms with Gasteiger partial charge < -0.3 is 10.2 Å². The summed E-state index contributed by atoms with van der Waals surface area (Å²) < 4.78 is 43.3. The van der Waals surface area contributed by atoms with E-state index in [4.69, 9.17) is 10.6 Å². The van der Waals surface area contributed by atoms with Crippen LogP contribution in [0.2, 0.25) is 0 Å². The zero-order chi connectivity index (χ0) is 15.5. The Bertz CT molecular complexity index is 516. The van der Waals surface area contributed by atoms with Gasteiger partial charge in [0.05, 0.1) is 30.0 Å². The van der Waals surface area contributed by atoms with Crippen molar-refractivity contribution in [1.29, 1.82) is 0 Å². The molecule has 9 heteroatoms. The number of nitrogens with two attached hydrogens (primary N) is 1. The van der Waals surface area contributed by atoms with E-state index >= 15 is 0 Å². The Morgan fingerprint density at radius 2 is 1.95 bits per heavy atom. The number of amides is 1. The van der Waals surface area contributed by atoms with Gasteiger partial charge in [-0.15, -0.1) is 0 Å². The standard InChI is InChI=1S/C12H15F3N4O2/c13-12(14,15)8-1-2-10(17-16)9(7-8)11(20)18-19-3-5-21-6-4-19/h1-2,7,17H,3-6,16H2,(H,18,20). The number of hydrogen-bond acceptors (Lipinski definition) is 5. The second-order valence-electron chi connectivity index (χ2n) is 4.44. The number of rotatable bonds is 3. The number of nitrogens with one attached hydrogen (secondary N) is 2. The number of hydrazine groups is 2. The molecule has 0 aliphatic carbocycles. The van der Waals surface area contributed by atoms with Gasteiger partial charge in [-0.1, -0.05) is 0 Å². The average Bonchev–Trinajstić information content (AvgIpc) is 2.46. The minimum absolute atomic E-state index is 0.119. The molecule has 2 rings (SSSR count). The summed E-state index contributed by atoms with van der Waals surface area (Å²) in [5, 5.41) is 1.59. The minimum atomic E-state index is -4.53. The summed E-state index contributed by atoms with van der Waals surface area (Å²) in [6, 6.07) is 2.75. The van der Waals surface area contributed by atoms with Crippen LogP contribution in [0.4, 0.5) is 18.9 Å². The average molecular weight is 304 g/mol. The van der Waals surface area contributed by atoms with Crippen LogP contribution in [-0.2, 0) is 10.9 Å². The van der Waals surface area contributed by atoms with Crippen LogP contribution in [-0.4, -0.2) is 37.2 Å². The first-order chi connectivity index (χ1) is 9.91. The molecule has 0 spiro atoms. The van der Waals surface area contributed by atoms with Gasteiger partial charge in [0.15, 0.2) is 0 Å². The first kappa shape index (κ1) is 15.5. The Labute approximate surface area is 119 Å². The van der Waals surface area contributed by atoms with Crippen molar-refractivity contribution in [2.75, 3.05) is 31.7 Å². The Morgan fingerprint density at radius 1 is 1.29 bits per heavy atom. The van der Waals surface area contributed by atoms with Crippen LogP contribution in [0.5, 0.6) is 0 Å². The van der Waals surface area contributed by atoms with Gasteiger partial charge in [-0.25, -0.2) is 5.01 Å². The molecular formula is C12H15F3N4O2. The lowest BCUT2D eigenvalue weighted by molar-refractivity contribution is -0.137. The molecule has 1 aliphatic rings. The topological polar surface area (TPSA) is 79.6 Å². The second kappa shape index (κ2) is 6.29. The molecule has 0 unspecified atom stereocenters. The van der Waals surface area contributed by atoms with Gasteiger partial charge in [0.2, 0.25) is 0 Å². The number of anilines is 1. The number of carbonyl (C=O) groups excluding carboxylic acids is 1. The molecule has 0 radical (unpaired) electrons. The molecular weight excluding hydrogens is 289 g/mol. The van der Waals surface area contributed by atoms with Crippen molar-refractivity contribution in [2.45, 2.75) is 6.18 Å². The van der Waals surface area contributed by atoms with Crippen LogP contribution in [0.15, 0.2) is 18.2 Å². The van der Waals surface area contributed by atoms with Gasteiger partial charge in [-0.2, -0.15) is 13.2 Å². The molecule has 6 nitrogen and oxygen atoms in total. The van der Waals surface area contributed by atoms with Crippen LogP contribution in [0.25, 0.3) is 0 Å². The monoisotopic (exact) mass is 304 g/mol. The maximum atomic E-state index is 12.7. The number of alkyl halides is 3. The first-order valence-electron chi connectivity index (χ1n) is 6.23. The van der Waals surface area contributed by atoms with Crippen LogP contribution >= 0.6 is 0 Å². The lowest BCUT2D eigenvalue weighted by Gasteiger charge is -2.27. The Kier molecular flexibility index (Phi) is 4.66. The summed E-state index contributed by atoms with van der Waals surface area (Å²) in [4.78, 5) is 12.1. The predicted octanol–water partition coefficient (Wildman–Crippen LogP) is 0.968. The van der Waals surface area contributed by atoms with Gasteiger partial charge in [-0.3, -0.25) is 16.1 Å². The van der Waals surface area contributed by atoms with Gasteiger partial charge in [0, 0.05) is 13.1 Å². The number of hydrogen-bond donors (Lipinski definition) is 3. The molecule has 4 N–H and O–H groups in total. The SMILES string of the molecule is NNc1ccc(C(F)(F)F)cc1C(=O)NN1CCOCC1. The summed E-state index contributed by atoms with van der Waals surface area (Å²) >= 11 is 0. The van der Waals surface area contributed by atoms with E-state index in [0.717, 1.165) is 18.2 Å². The lowest BCUT2D eigenvalue weighted by Crippen LogP contribution is -2.48. The van der Waals surface area contributed by atoms with E-state index in [2.05, 4.69) is 10.9 Å². The molecule has 1 aromatic rings. The van der Waals surface area contributed by atoms with E-state index in [1.807, 2.05) is 0 Å². The highest BCUT2D eigenvalue weighted by Crippen LogP contribution is 2.31. The van der Waals surface area contributed by atoms with Crippen molar-refractivity contribution < 1.29 is 22.7 Å². The Balaban J connectivity index is 2.21. The third kappa shape index (κ3) is 3.84. The zero-order valence-corrected chi connectivity index (χ0v) is 11.0. The van der Waals surface area contributed by atoms with Crippen molar-refractivity contribution in [3.8, 4) is 0 Å². The van der Waals surface area contributed by atoms with Gasteiger partial charge in [-0.05, 0) is 18.2 Å². The number of nitrogen functional groups attached to an aromatic ring is 1. The van der Waals surface area contributed by atoms with Crippen molar-refractivity contribution in [3.05, 3.63) is 29.3 Å². The van der Waals surface area contributed by atoms with Crippen molar-refractivity contribution in [2.24, 2.45) is 5.84 Å². The van der Waals surface area contributed by atoms with E-state index in [-0.39, 0.29) is 11.3 Å². The summed E-state index contributed by atoms with van der Waals surface area (Å²) in [7, 11) is 0. The summed E-state index contributed by atoms with van der Waals surface area (Å²) in [5.74, 6) is 4.58. The largest absolute Gasteiger partial charge is 0.416 e. The Morgan fingerprint density at radius 3 is 2.52 bits per heavy atom. The van der Waals surface area contributed by atoms with Crippen LogP contribution in [0.1, 0.15) is 15.9 Å². The number of halogens is 3. The number of carbonyl (C=O) groups is 1. The molecule has 1 amide bonds. The number of ether oxygens (including phenoxy) is 1. The highest BCUT2D eigenvalue weighted by atomic mass is 19.4. The quantitative estimate of drug-likeness (QED) is 0.573. The van der Waals surface area contributed by atoms with E-state index in [9.17, 15) is 18.0 Å². The van der Waals surface area contributed by atoms with Crippen LogP contribution < -0.4 is 16.7 Å². The van der Waals surface area contributed by atoms with Crippen molar-refractivity contribution >= 4 is 11.6 Å². The number of morpholine rings is 1. The van der Waals surface area contributed by atoms with Crippen LogP contribution in [0, 0.1) is 0 Å². The molecule has 1 saturated heterocycles. The van der Waals surface area contributed by atoms with Gasteiger partial charge in [0.25, 0.3) is 5.91 Å². The maximum absolute atomic E-state index is 12.7. The van der Waals surface area contributed by atoms with Crippen molar-refractivity contribution in [3.63, 3.8) is 0 Å². The molecule has 21 heavy (non-hydrogen) atoms. The fourth-order valence-corrected chi connectivity index (χ4v) is 1.91. The molecule has 116 valence electrons. The highest BCUT2D eigenvalue weighted by Gasteiger charge is 2.32. The zero-order valence-electron chi connectivity index (χ0n) is 11.0.